The van der Waals surface area contributed by atoms with Crippen LogP contribution in [0.3, 0.4) is 0 Å². The molecule has 2 aromatic carbocycles. The number of hydrogen-bond acceptors (Lipinski definition) is 3. The van der Waals surface area contributed by atoms with E-state index in [1.54, 1.807) is 6.20 Å². The molecule has 1 fully saturated rings. The molecule has 1 N–H and O–H groups in total. The number of aromatic nitrogens is 2. The van der Waals surface area contributed by atoms with Crippen molar-refractivity contribution in [3.63, 3.8) is 0 Å². The Morgan fingerprint density at radius 2 is 1.81 bits per heavy atom. The molecule has 0 spiro atoms. The van der Waals surface area contributed by atoms with Crippen molar-refractivity contribution < 1.29 is 4.74 Å². The van der Waals surface area contributed by atoms with E-state index in [4.69, 9.17) is 4.74 Å². The Hall–Kier alpha value is -2.59. The van der Waals surface area contributed by atoms with E-state index in [1.807, 2.05) is 17.1 Å². The summed E-state index contributed by atoms with van der Waals surface area (Å²) in [7, 11) is 0. The van der Waals surface area contributed by atoms with Gasteiger partial charge in [0.15, 0.2) is 0 Å². The van der Waals surface area contributed by atoms with Gasteiger partial charge in [-0.2, -0.15) is 0 Å². The van der Waals surface area contributed by atoms with Gasteiger partial charge < -0.3 is 14.6 Å². The molecule has 1 aliphatic carbocycles. The smallest absolute Gasteiger partial charge is 0.120 e. The van der Waals surface area contributed by atoms with Gasteiger partial charge in [-0.25, -0.2) is 4.98 Å². The van der Waals surface area contributed by atoms with Crippen LogP contribution in [0.25, 0.3) is 5.69 Å². The number of imidazole rings is 1. The van der Waals surface area contributed by atoms with Crippen molar-refractivity contribution in [2.75, 3.05) is 0 Å². The minimum absolute atomic E-state index is 0.409. The van der Waals surface area contributed by atoms with Crippen molar-refractivity contribution >= 4 is 0 Å². The third kappa shape index (κ3) is 4.33. The average Bonchev–Trinajstić information content (AvgIpc) is 3.37. The first-order chi connectivity index (χ1) is 12.9. The van der Waals surface area contributed by atoms with Crippen LogP contribution in [0.1, 0.15) is 36.8 Å². The van der Waals surface area contributed by atoms with E-state index < -0.39 is 0 Å². The highest BCUT2D eigenvalue weighted by molar-refractivity contribution is 5.34. The summed E-state index contributed by atoms with van der Waals surface area (Å²) in [6.45, 7) is 1.68. The molecule has 0 saturated heterocycles. The largest absolute Gasteiger partial charge is 0.490 e. The van der Waals surface area contributed by atoms with Crippen LogP contribution in [0.15, 0.2) is 67.3 Å². The second-order valence-corrected chi connectivity index (χ2v) is 6.91. The van der Waals surface area contributed by atoms with Crippen LogP contribution in [0.4, 0.5) is 0 Å². The summed E-state index contributed by atoms with van der Waals surface area (Å²) in [5, 5.41) is 3.52. The molecule has 4 heteroatoms. The molecule has 1 aliphatic rings. The number of rotatable bonds is 7. The minimum atomic E-state index is 0.409. The van der Waals surface area contributed by atoms with E-state index in [9.17, 15) is 0 Å². The van der Waals surface area contributed by atoms with E-state index in [0.717, 1.165) is 24.5 Å². The van der Waals surface area contributed by atoms with Gasteiger partial charge in [0.25, 0.3) is 0 Å². The number of nitrogens with one attached hydrogen (secondary N) is 1. The van der Waals surface area contributed by atoms with Gasteiger partial charge in [-0.3, -0.25) is 0 Å². The number of nitrogens with zero attached hydrogens (tertiary/aromatic N) is 2. The molecule has 26 heavy (non-hydrogen) atoms. The maximum atomic E-state index is 6.09. The van der Waals surface area contributed by atoms with E-state index in [-0.39, 0.29) is 0 Å². The molecule has 4 rings (SSSR count). The minimum Gasteiger partial charge on any atom is -0.490 e. The van der Waals surface area contributed by atoms with Gasteiger partial charge in [0.2, 0.25) is 0 Å². The van der Waals surface area contributed by atoms with Crippen molar-refractivity contribution in [3.8, 4) is 11.4 Å². The van der Waals surface area contributed by atoms with Crippen molar-refractivity contribution in [2.24, 2.45) is 0 Å². The summed E-state index contributed by atoms with van der Waals surface area (Å²) in [5.74, 6) is 1.00. The fourth-order valence-corrected chi connectivity index (χ4v) is 3.48. The predicted octanol–water partition coefficient (Wildman–Crippen LogP) is 4.48. The Morgan fingerprint density at radius 3 is 2.58 bits per heavy atom. The van der Waals surface area contributed by atoms with Crippen LogP contribution < -0.4 is 10.1 Å². The summed E-state index contributed by atoms with van der Waals surface area (Å²) in [6, 6.07) is 17.0. The quantitative estimate of drug-likeness (QED) is 0.685. The van der Waals surface area contributed by atoms with E-state index in [1.165, 1.54) is 36.8 Å². The molecule has 1 saturated carbocycles. The maximum absolute atomic E-state index is 6.09. The van der Waals surface area contributed by atoms with Gasteiger partial charge >= 0.3 is 0 Å². The molecular formula is C22H25N3O. The van der Waals surface area contributed by atoms with Crippen LogP contribution in [-0.2, 0) is 13.1 Å². The second-order valence-electron chi connectivity index (χ2n) is 6.91. The van der Waals surface area contributed by atoms with E-state index in [0.29, 0.717) is 6.10 Å². The lowest BCUT2D eigenvalue weighted by Crippen LogP contribution is -2.14. The highest BCUT2D eigenvalue weighted by Crippen LogP contribution is 2.24. The lowest BCUT2D eigenvalue weighted by atomic mass is 10.2. The van der Waals surface area contributed by atoms with Crippen LogP contribution in [-0.4, -0.2) is 15.7 Å². The van der Waals surface area contributed by atoms with Gasteiger partial charge in [0.1, 0.15) is 5.75 Å². The van der Waals surface area contributed by atoms with E-state index >= 15 is 0 Å². The molecular weight excluding hydrogens is 322 g/mol. The Labute approximate surface area is 154 Å². The molecule has 134 valence electrons. The lowest BCUT2D eigenvalue weighted by molar-refractivity contribution is 0.210. The van der Waals surface area contributed by atoms with Crippen molar-refractivity contribution in [1.29, 1.82) is 0 Å². The maximum Gasteiger partial charge on any atom is 0.120 e. The fraction of sp³-hybridized carbons (Fsp3) is 0.318. The Kier molecular flexibility index (Phi) is 5.31. The van der Waals surface area contributed by atoms with Gasteiger partial charge in [0.05, 0.1) is 12.4 Å². The normalized spacial score (nSPS) is 14.6. The Balaban J connectivity index is 1.29. The number of ether oxygens (including phenoxy) is 1. The Morgan fingerprint density at radius 1 is 1.00 bits per heavy atom. The molecule has 1 heterocycles. The van der Waals surface area contributed by atoms with Crippen LogP contribution in [0.2, 0.25) is 0 Å². The van der Waals surface area contributed by atoms with Crippen molar-refractivity contribution in [3.05, 3.63) is 78.4 Å². The molecule has 4 nitrogen and oxygen atoms in total. The molecule has 0 radical (unpaired) electrons. The predicted molar refractivity (Wildman–Crippen MR) is 103 cm³/mol. The summed E-state index contributed by atoms with van der Waals surface area (Å²) >= 11 is 0. The summed E-state index contributed by atoms with van der Waals surface area (Å²) in [5.41, 5.74) is 3.66. The highest BCUT2D eigenvalue weighted by atomic mass is 16.5. The highest BCUT2D eigenvalue weighted by Gasteiger charge is 2.16. The molecule has 0 amide bonds. The summed E-state index contributed by atoms with van der Waals surface area (Å²) < 4.78 is 8.10. The third-order valence-corrected chi connectivity index (χ3v) is 4.90. The van der Waals surface area contributed by atoms with Gasteiger partial charge in [-0.1, -0.05) is 24.3 Å². The molecule has 3 aromatic rings. The monoisotopic (exact) mass is 347 g/mol. The van der Waals surface area contributed by atoms with Crippen LogP contribution in [0.5, 0.6) is 5.75 Å². The molecule has 0 unspecified atom stereocenters. The SMILES string of the molecule is c1cc(CNCc2ccc(-n3ccnc3)cc2)cc(OC2CCCC2)c1. The number of hydrogen-bond donors (Lipinski definition) is 1. The van der Waals surface area contributed by atoms with Gasteiger partial charge in [-0.15, -0.1) is 0 Å². The van der Waals surface area contributed by atoms with Gasteiger partial charge in [-0.05, 0) is 61.1 Å². The first kappa shape index (κ1) is 16.9. The third-order valence-electron chi connectivity index (χ3n) is 4.90. The zero-order valence-corrected chi connectivity index (χ0v) is 15.0. The van der Waals surface area contributed by atoms with Crippen molar-refractivity contribution in [1.82, 2.24) is 14.9 Å². The topological polar surface area (TPSA) is 39.1 Å². The summed E-state index contributed by atoms with van der Waals surface area (Å²) in [4.78, 5) is 4.08. The molecule has 1 aromatic heterocycles. The average molecular weight is 347 g/mol. The standard InChI is InChI=1S/C22H25N3O/c1-2-6-21(5-1)26-22-7-3-4-19(14-22)16-24-15-18-8-10-20(11-9-18)25-13-12-23-17-25/h3-4,7-14,17,21,24H,1-2,5-6,15-16H2. The first-order valence-corrected chi connectivity index (χ1v) is 9.40. The van der Waals surface area contributed by atoms with Crippen LogP contribution in [0, 0.1) is 0 Å². The summed E-state index contributed by atoms with van der Waals surface area (Å²) in [6.07, 6.45) is 10.9. The zero-order valence-electron chi connectivity index (χ0n) is 15.0. The van der Waals surface area contributed by atoms with Gasteiger partial charge in [0, 0.05) is 31.2 Å². The van der Waals surface area contributed by atoms with Crippen LogP contribution >= 0.6 is 0 Å². The number of benzene rings is 2. The first-order valence-electron chi connectivity index (χ1n) is 9.40. The fourth-order valence-electron chi connectivity index (χ4n) is 3.48. The molecule has 0 atom stereocenters. The molecule has 0 bridgehead atoms. The van der Waals surface area contributed by atoms with E-state index in [2.05, 4.69) is 58.8 Å². The zero-order chi connectivity index (χ0) is 17.6. The lowest BCUT2D eigenvalue weighted by Gasteiger charge is -2.14. The second kappa shape index (κ2) is 8.19. The van der Waals surface area contributed by atoms with Crippen molar-refractivity contribution in [2.45, 2.75) is 44.9 Å². The molecule has 0 aliphatic heterocycles. The Bertz CT molecular complexity index is 806.